The molecule has 2 aromatic carbocycles. The summed E-state index contributed by atoms with van der Waals surface area (Å²) in [6, 6.07) is 12.4. The fourth-order valence-electron chi connectivity index (χ4n) is 1.67. The number of alkyl halides is 3. The fraction of sp³-hybridized carbons (Fsp3) is 0.200. The molecule has 0 heterocycles. The molecule has 2 rings (SSSR count). The van der Waals surface area contributed by atoms with Crippen LogP contribution in [0.2, 0.25) is 0 Å². The van der Waals surface area contributed by atoms with E-state index in [2.05, 4.69) is 10.1 Å². The maximum Gasteiger partial charge on any atom is 0.422 e. The maximum absolute atomic E-state index is 13.4. The standard InChI is InChI=1S/C15H13F4NO/c16-14-4-2-1-3-11(14)9-20-12-5-7-13(8-6-12)21-10-15(17,18)19/h1-8,20H,9-10H2. The lowest BCUT2D eigenvalue weighted by molar-refractivity contribution is -0.153. The molecule has 0 atom stereocenters. The molecule has 0 bridgehead atoms. The van der Waals surface area contributed by atoms with Crippen molar-refractivity contribution in [1.82, 2.24) is 0 Å². The number of ether oxygens (including phenoxy) is 1. The normalized spacial score (nSPS) is 11.2. The molecule has 21 heavy (non-hydrogen) atoms. The number of hydrogen-bond donors (Lipinski definition) is 1. The molecule has 0 fully saturated rings. The average molecular weight is 299 g/mol. The van der Waals surface area contributed by atoms with Crippen LogP contribution < -0.4 is 10.1 Å². The van der Waals surface area contributed by atoms with Crippen molar-refractivity contribution >= 4 is 5.69 Å². The molecule has 0 saturated heterocycles. The van der Waals surface area contributed by atoms with Gasteiger partial charge in [-0.25, -0.2) is 4.39 Å². The Morgan fingerprint density at radius 3 is 2.24 bits per heavy atom. The molecule has 0 aromatic heterocycles. The third kappa shape index (κ3) is 4.98. The van der Waals surface area contributed by atoms with Crippen LogP contribution in [-0.4, -0.2) is 12.8 Å². The highest BCUT2D eigenvalue weighted by Gasteiger charge is 2.28. The minimum Gasteiger partial charge on any atom is -0.484 e. The summed E-state index contributed by atoms with van der Waals surface area (Å²) >= 11 is 0. The minimum absolute atomic E-state index is 0.128. The summed E-state index contributed by atoms with van der Waals surface area (Å²) in [5.74, 6) is -0.182. The van der Waals surface area contributed by atoms with Crippen LogP contribution in [0.5, 0.6) is 5.75 Å². The van der Waals surface area contributed by atoms with Crippen molar-refractivity contribution in [3.63, 3.8) is 0 Å². The Morgan fingerprint density at radius 2 is 1.62 bits per heavy atom. The third-order valence-electron chi connectivity index (χ3n) is 2.70. The van der Waals surface area contributed by atoms with Gasteiger partial charge in [0.15, 0.2) is 6.61 Å². The van der Waals surface area contributed by atoms with E-state index in [1.807, 2.05) is 0 Å². The van der Waals surface area contributed by atoms with Gasteiger partial charge < -0.3 is 10.1 Å². The molecule has 1 N–H and O–H groups in total. The highest BCUT2D eigenvalue weighted by atomic mass is 19.4. The summed E-state index contributed by atoms with van der Waals surface area (Å²) in [5.41, 5.74) is 1.17. The highest BCUT2D eigenvalue weighted by Crippen LogP contribution is 2.20. The second-order valence-corrected chi connectivity index (χ2v) is 4.37. The van der Waals surface area contributed by atoms with Crippen molar-refractivity contribution in [2.45, 2.75) is 12.7 Å². The molecule has 0 radical (unpaired) electrons. The van der Waals surface area contributed by atoms with Crippen molar-refractivity contribution in [3.8, 4) is 5.75 Å². The van der Waals surface area contributed by atoms with Crippen LogP contribution in [0.4, 0.5) is 23.2 Å². The van der Waals surface area contributed by atoms with E-state index in [9.17, 15) is 17.6 Å². The van der Waals surface area contributed by atoms with Gasteiger partial charge >= 0.3 is 6.18 Å². The fourth-order valence-corrected chi connectivity index (χ4v) is 1.67. The lowest BCUT2D eigenvalue weighted by atomic mass is 10.2. The monoisotopic (exact) mass is 299 g/mol. The van der Waals surface area contributed by atoms with Gasteiger partial charge in [-0.3, -0.25) is 0 Å². The molecule has 0 unspecified atom stereocenters. The summed E-state index contributed by atoms with van der Waals surface area (Å²) in [6.45, 7) is -1.04. The number of hydrogen-bond acceptors (Lipinski definition) is 2. The number of rotatable bonds is 5. The van der Waals surface area contributed by atoms with Gasteiger partial charge in [-0.15, -0.1) is 0 Å². The SMILES string of the molecule is Fc1ccccc1CNc1ccc(OCC(F)(F)F)cc1. The van der Waals surface area contributed by atoms with E-state index in [1.54, 1.807) is 30.3 Å². The van der Waals surface area contributed by atoms with E-state index in [-0.39, 0.29) is 18.1 Å². The van der Waals surface area contributed by atoms with E-state index in [0.717, 1.165) is 0 Å². The van der Waals surface area contributed by atoms with E-state index in [0.29, 0.717) is 11.3 Å². The predicted molar refractivity (Wildman–Crippen MR) is 71.7 cm³/mol. The summed E-state index contributed by atoms with van der Waals surface area (Å²) in [4.78, 5) is 0. The van der Waals surface area contributed by atoms with Gasteiger partial charge in [0, 0.05) is 17.8 Å². The number of halogens is 4. The first-order valence-electron chi connectivity index (χ1n) is 6.21. The Morgan fingerprint density at radius 1 is 0.952 bits per heavy atom. The summed E-state index contributed by atoms with van der Waals surface area (Å²) < 4.78 is 54.0. The van der Waals surface area contributed by atoms with E-state index in [1.165, 1.54) is 18.2 Å². The van der Waals surface area contributed by atoms with Gasteiger partial charge in [0.25, 0.3) is 0 Å². The van der Waals surface area contributed by atoms with E-state index in [4.69, 9.17) is 0 Å². The van der Waals surface area contributed by atoms with E-state index >= 15 is 0 Å². The first-order chi connectivity index (χ1) is 9.94. The summed E-state index contributed by atoms with van der Waals surface area (Å²) in [7, 11) is 0. The van der Waals surface area contributed by atoms with Crippen LogP contribution in [0.15, 0.2) is 48.5 Å². The van der Waals surface area contributed by atoms with Gasteiger partial charge in [0.05, 0.1) is 0 Å². The van der Waals surface area contributed by atoms with Gasteiger partial charge in [0.1, 0.15) is 11.6 Å². The average Bonchev–Trinajstić information content (AvgIpc) is 2.45. The first-order valence-corrected chi connectivity index (χ1v) is 6.21. The van der Waals surface area contributed by atoms with Crippen LogP contribution in [-0.2, 0) is 6.54 Å². The third-order valence-corrected chi connectivity index (χ3v) is 2.70. The van der Waals surface area contributed by atoms with Crippen LogP contribution >= 0.6 is 0 Å². The molecule has 0 amide bonds. The highest BCUT2D eigenvalue weighted by molar-refractivity contribution is 5.46. The zero-order valence-corrected chi connectivity index (χ0v) is 11.0. The summed E-state index contributed by atoms with van der Waals surface area (Å²) in [5, 5.41) is 2.98. The van der Waals surface area contributed by atoms with Gasteiger partial charge in [-0.1, -0.05) is 18.2 Å². The zero-order valence-electron chi connectivity index (χ0n) is 11.0. The van der Waals surface area contributed by atoms with Crippen molar-refractivity contribution in [3.05, 3.63) is 59.9 Å². The lowest BCUT2D eigenvalue weighted by Gasteiger charge is -2.11. The molecule has 0 aliphatic carbocycles. The molecule has 6 heteroatoms. The molecule has 0 spiro atoms. The Hall–Kier alpha value is -2.24. The Kier molecular flexibility index (Phi) is 4.67. The second kappa shape index (κ2) is 6.47. The molecule has 0 aliphatic rings. The minimum atomic E-state index is -4.36. The molecule has 2 aromatic rings. The van der Waals surface area contributed by atoms with Crippen LogP contribution in [0.3, 0.4) is 0 Å². The van der Waals surface area contributed by atoms with Gasteiger partial charge in [0.2, 0.25) is 0 Å². The Labute approximate surface area is 119 Å². The Bertz CT molecular complexity index is 581. The lowest BCUT2D eigenvalue weighted by Crippen LogP contribution is -2.19. The number of nitrogens with one attached hydrogen (secondary N) is 1. The second-order valence-electron chi connectivity index (χ2n) is 4.37. The van der Waals surface area contributed by atoms with Crippen molar-refractivity contribution < 1.29 is 22.3 Å². The number of anilines is 1. The zero-order chi connectivity index (χ0) is 15.3. The van der Waals surface area contributed by atoms with Crippen molar-refractivity contribution in [2.75, 3.05) is 11.9 Å². The van der Waals surface area contributed by atoms with Crippen LogP contribution in [0.1, 0.15) is 5.56 Å². The molecular weight excluding hydrogens is 286 g/mol. The smallest absolute Gasteiger partial charge is 0.422 e. The predicted octanol–water partition coefficient (Wildman–Crippen LogP) is 4.38. The Balaban J connectivity index is 1.89. The van der Waals surface area contributed by atoms with E-state index < -0.39 is 12.8 Å². The molecule has 0 saturated carbocycles. The quantitative estimate of drug-likeness (QED) is 0.827. The summed E-state index contributed by atoms with van der Waals surface area (Å²) in [6.07, 6.45) is -4.36. The first kappa shape index (κ1) is 15.2. The van der Waals surface area contributed by atoms with Crippen LogP contribution in [0.25, 0.3) is 0 Å². The van der Waals surface area contributed by atoms with Gasteiger partial charge in [-0.05, 0) is 30.3 Å². The molecule has 0 aliphatic heterocycles. The molecular formula is C15H13F4NO. The number of benzene rings is 2. The largest absolute Gasteiger partial charge is 0.484 e. The van der Waals surface area contributed by atoms with Crippen molar-refractivity contribution in [2.24, 2.45) is 0 Å². The molecule has 2 nitrogen and oxygen atoms in total. The van der Waals surface area contributed by atoms with Crippen molar-refractivity contribution in [1.29, 1.82) is 0 Å². The topological polar surface area (TPSA) is 21.3 Å². The van der Waals surface area contributed by atoms with Gasteiger partial charge in [-0.2, -0.15) is 13.2 Å². The molecule has 112 valence electrons. The van der Waals surface area contributed by atoms with Crippen LogP contribution in [0, 0.1) is 5.82 Å². The maximum atomic E-state index is 13.4.